The molecule has 0 spiro atoms. The Kier molecular flexibility index (Phi) is 7.65. The molecule has 0 fully saturated rings. The first-order valence-electron chi connectivity index (χ1n) is 11.5. The summed E-state index contributed by atoms with van der Waals surface area (Å²) in [5.74, 6) is -1.76. The van der Waals surface area contributed by atoms with Gasteiger partial charge in [0, 0.05) is 12.0 Å². The predicted molar refractivity (Wildman–Crippen MR) is 134 cm³/mol. The minimum atomic E-state index is -4.77. The summed E-state index contributed by atoms with van der Waals surface area (Å²) in [6, 6.07) is 13.7. The van der Waals surface area contributed by atoms with Gasteiger partial charge in [-0.25, -0.2) is 12.8 Å². The van der Waals surface area contributed by atoms with Gasteiger partial charge in [0.2, 0.25) is 0 Å². The van der Waals surface area contributed by atoms with Gasteiger partial charge in [-0.15, -0.1) is 0 Å². The minimum Gasteiger partial charge on any atom is -0.486 e. The molecule has 0 radical (unpaired) electrons. The van der Waals surface area contributed by atoms with Gasteiger partial charge in [0.05, 0.1) is 28.3 Å². The quantitative estimate of drug-likeness (QED) is 0.293. The number of ether oxygens (including phenoxy) is 1. The number of hydrogen-bond donors (Lipinski definition) is 1. The maximum atomic E-state index is 14.4. The Morgan fingerprint density at radius 3 is 2.56 bits per heavy atom. The molecule has 39 heavy (non-hydrogen) atoms. The first kappa shape index (κ1) is 27.7. The van der Waals surface area contributed by atoms with E-state index in [0.29, 0.717) is 11.6 Å². The lowest BCUT2D eigenvalue weighted by molar-refractivity contribution is -0.138. The average Bonchev–Trinajstić information content (AvgIpc) is 2.90. The number of sulfonamides is 1. The molecule has 0 saturated heterocycles. The summed E-state index contributed by atoms with van der Waals surface area (Å²) in [7, 11) is -4.54. The van der Waals surface area contributed by atoms with Crippen LogP contribution in [0, 0.1) is 17.1 Å². The van der Waals surface area contributed by atoms with Gasteiger partial charge in [0.25, 0.3) is 10.0 Å². The lowest BCUT2D eigenvalue weighted by Gasteiger charge is -2.35. The second-order valence-corrected chi connectivity index (χ2v) is 10.5. The van der Waals surface area contributed by atoms with Crippen molar-refractivity contribution in [1.29, 1.82) is 5.26 Å². The van der Waals surface area contributed by atoms with Gasteiger partial charge < -0.3 is 9.84 Å². The lowest BCUT2D eigenvalue weighted by atomic mass is 10.1. The van der Waals surface area contributed by atoms with E-state index in [1.165, 1.54) is 42.5 Å². The molecule has 1 heterocycles. The molecule has 4 rings (SSSR count). The van der Waals surface area contributed by atoms with Crippen molar-refractivity contribution < 1.29 is 40.6 Å². The Hall–Kier alpha value is -4.37. The normalized spacial score (nSPS) is 15.5. The third-order valence-electron chi connectivity index (χ3n) is 5.95. The van der Waals surface area contributed by atoms with Crippen LogP contribution in [0.2, 0.25) is 0 Å². The van der Waals surface area contributed by atoms with Crippen LogP contribution in [0.15, 0.2) is 65.6 Å². The zero-order chi connectivity index (χ0) is 28.4. The van der Waals surface area contributed by atoms with Crippen LogP contribution in [0.4, 0.5) is 23.2 Å². The Morgan fingerprint density at radius 2 is 1.87 bits per heavy atom. The molecule has 1 atom stereocenters. The number of nitrogens with zero attached hydrogens (tertiary/aromatic N) is 2. The van der Waals surface area contributed by atoms with Gasteiger partial charge in [0.15, 0.2) is 0 Å². The van der Waals surface area contributed by atoms with Gasteiger partial charge in [-0.2, -0.15) is 18.4 Å². The van der Waals surface area contributed by atoms with Crippen molar-refractivity contribution in [3.05, 3.63) is 88.7 Å². The van der Waals surface area contributed by atoms with Gasteiger partial charge in [-0.05, 0) is 48.4 Å². The first-order chi connectivity index (χ1) is 18.4. The Labute approximate surface area is 221 Å². The van der Waals surface area contributed by atoms with Gasteiger partial charge >= 0.3 is 12.1 Å². The topological polar surface area (TPSA) is 108 Å². The number of carboxylic acids is 1. The van der Waals surface area contributed by atoms with E-state index in [9.17, 15) is 30.8 Å². The zero-order valence-corrected chi connectivity index (χ0v) is 20.8. The van der Waals surface area contributed by atoms with Crippen LogP contribution in [0.5, 0.6) is 5.75 Å². The Bertz CT molecular complexity index is 1600. The molecule has 1 aliphatic rings. The van der Waals surface area contributed by atoms with E-state index in [1.807, 2.05) is 0 Å². The highest BCUT2D eigenvalue weighted by Crippen LogP contribution is 2.40. The van der Waals surface area contributed by atoms with Crippen molar-refractivity contribution >= 4 is 33.8 Å². The predicted octanol–water partition coefficient (Wildman–Crippen LogP) is 5.71. The number of carboxylic acid groups (broad SMARTS) is 1. The molecule has 0 bridgehead atoms. The van der Waals surface area contributed by atoms with Crippen molar-refractivity contribution in [2.75, 3.05) is 10.8 Å². The summed E-state index contributed by atoms with van der Waals surface area (Å²) >= 11 is 0. The Morgan fingerprint density at radius 1 is 1.13 bits per heavy atom. The monoisotopic (exact) mass is 560 g/mol. The SMILES string of the molecule is N#Cc1cccc(C=Cc2ccc3c(c2)N(S(=O)(=O)c2cccc(C(F)(F)F)c2)CC(CCC(=O)O)O3)c1F. The Balaban J connectivity index is 1.76. The lowest BCUT2D eigenvalue weighted by Crippen LogP contribution is -2.43. The van der Waals surface area contributed by atoms with Crippen molar-refractivity contribution in [1.82, 2.24) is 0 Å². The maximum Gasteiger partial charge on any atom is 0.416 e. The molecule has 12 heteroatoms. The van der Waals surface area contributed by atoms with Crippen LogP contribution in [0.3, 0.4) is 0 Å². The van der Waals surface area contributed by atoms with Crippen molar-refractivity contribution in [3.63, 3.8) is 0 Å². The van der Waals surface area contributed by atoms with Gasteiger partial charge in [0.1, 0.15) is 23.7 Å². The van der Waals surface area contributed by atoms with Crippen molar-refractivity contribution in [2.45, 2.75) is 30.0 Å². The fraction of sp³-hybridized carbons (Fsp3) is 0.185. The largest absolute Gasteiger partial charge is 0.486 e. The molecule has 7 nitrogen and oxygen atoms in total. The summed E-state index contributed by atoms with van der Waals surface area (Å²) in [4.78, 5) is 10.5. The molecule has 0 aliphatic carbocycles. The standard InChI is InChI=1S/C27H20F4N2O5S/c28-26-18(3-1-4-19(26)15-32)9-7-17-8-11-24-23(13-17)33(16-21(38-24)10-12-25(34)35)39(36,37)22-6-2-5-20(14-22)27(29,30)31/h1-9,11,13-14,21H,10,12,16H2,(H,34,35). The van der Waals surface area contributed by atoms with Crippen LogP contribution >= 0.6 is 0 Å². The second-order valence-electron chi connectivity index (χ2n) is 8.62. The van der Waals surface area contributed by atoms with Crippen LogP contribution in [-0.2, 0) is 21.0 Å². The van der Waals surface area contributed by atoms with Gasteiger partial charge in [-0.3, -0.25) is 9.10 Å². The number of anilines is 1. The third kappa shape index (κ3) is 6.04. The molecule has 202 valence electrons. The highest BCUT2D eigenvalue weighted by atomic mass is 32.2. The summed E-state index contributed by atoms with van der Waals surface area (Å²) in [6.45, 7) is -0.342. The highest BCUT2D eigenvalue weighted by Gasteiger charge is 2.37. The van der Waals surface area contributed by atoms with E-state index in [0.717, 1.165) is 22.5 Å². The molecular formula is C27H20F4N2O5S. The van der Waals surface area contributed by atoms with Crippen molar-refractivity contribution in [2.24, 2.45) is 0 Å². The number of rotatable bonds is 7. The maximum absolute atomic E-state index is 14.4. The highest BCUT2D eigenvalue weighted by molar-refractivity contribution is 7.92. The molecule has 1 aliphatic heterocycles. The molecule has 0 saturated carbocycles. The van der Waals surface area contributed by atoms with Gasteiger partial charge in [-0.1, -0.05) is 36.4 Å². The average molecular weight is 561 g/mol. The van der Waals surface area contributed by atoms with Crippen molar-refractivity contribution in [3.8, 4) is 11.8 Å². The molecule has 0 amide bonds. The van der Waals surface area contributed by atoms with E-state index >= 15 is 0 Å². The summed E-state index contributed by atoms with van der Waals surface area (Å²) in [6.07, 6.45) is -3.13. The van der Waals surface area contributed by atoms with E-state index in [4.69, 9.17) is 15.1 Å². The van der Waals surface area contributed by atoms with E-state index in [2.05, 4.69) is 0 Å². The number of fused-ring (bicyclic) bond motifs is 1. The summed E-state index contributed by atoms with van der Waals surface area (Å²) in [5.41, 5.74) is -0.746. The number of benzene rings is 3. The molecule has 1 unspecified atom stereocenters. The summed E-state index contributed by atoms with van der Waals surface area (Å²) < 4.78 is 88.2. The fourth-order valence-electron chi connectivity index (χ4n) is 4.01. The molecule has 3 aromatic carbocycles. The number of alkyl halides is 3. The molecule has 0 aromatic heterocycles. The smallest absolute Gasteiger partial charge is 0.416 e. The van der Waals surface area contributed by atoms with Crippen LogP contribution in [0.1, 0.15) is 35.1 Å². The van der Waals surface area contributed by atoms with E-state index < -0.39 is 44.5 Å². The first-order valence-corrected chi connectivity index (χ1v) is 12.9. The fourth-order valence-corrected chi connectivity index (χ4v) is 5.55. The van der Waals surface area contributed by atoms with Crippen LogP contribution in [-0.4, -0.2) is 32.1 Å². The third-order valence-corrected chi connectivity index (χ3v) is 7.72. The number of hydrogen-bond acceptors (Lipinski definition) is 5. The zero-order valence-electron chi connectivity index (χ0n) is 20.0. The molecule has 1 N–H and O–H groups in total. The minimum absolute atomic E-state index is 0.0207. The van der Waals surface area contributed by atoms with Crippen LogP contribution in [0.25, 0.3) is 12.2 Å². The van der Waals surface area contributed by atoms with E-state index in [-0.39, 0.29) is 42.0 Å². The number of nitriles is 1. The van der Waals surface area contributed by atoms with E-state index in [1.54, 1.807) is 12.1 Å². The second kappa shape index (κ2) is 10.8. The molecular weight excluding hydrogens is 540 g/mol. The summed E-state index contributed by atoms with van der Waals surface area (Å²) in [5, 5.41) is 18.1. The number of aliphatic carboxylic acids is 1. The molecule has 3 aromatic rings. The van der Waals surface area contributed by atoms with Crippen LogP contribution < -0.4 is 9.04 Å². The number of halogens is 4. The number of carbonyl (C=O) groups is 1.